The van der Waals surface area contributed by atoms with Gasteiger partial charge < -0.3 is 61.3 Å². The molecule has 22 heteroatoms. The van der Waals surface area contributed by atoms with Crippen molar-refractivity contribution in [1.82, 2.24) is 37.2 Å². The van der Waals surface area contributed by atoms with E-state index in [2.05, 4.69) is 37.2 Å². The highest BCUT2D eigenvalue weighted by Gasteiger charge is 2.48. The van der Waals surface area contributed by atoms with Gasteiger partial charge in [0, 0.05) is 50.7 Å². The van der Waals surface area contributed by atoms with Crippen molar-refractivity contribution < 1.29 is 67.2 Å². The van der Waals surface area contributed by atoms with Crippen molar-refractivity contribution >= 4 is 65.1 Å². The monoisotopic (exact) mass is 1100 g/mol. The summed E-state index contributed by atoms with van der Waals surface area (Å²) in [5.74, 6) is -5.10. The van der Waals surface area contributed by atoms with Crippen LogP contribution in [0.3, 0.4) is 0 Å². The minimum absolute atomic E-state index is 0.0209. The number of methoxy groups -OCH3 is 1. The summed E-state index contributed by atoms with van der Waals surface area (Å²) in [6.45, 7) is 17.6. The van der Waals surface area contributed by atoms with Gasteiger partial charge in [0.1, 0.15) is 48.7 Å². The summed E-state index contributed by atoms with van der Waals surface area (Å²) in [6, 6.07) is 7.54. The Morgan fingerprint density at radius 3 is 2.16 bits per heavy atom. The SMILES string of the molecule is COc1ccc(C[C@H]2NC(=O)/C=C\C[C@@H]([C@H](C)[C@H]3O[C@@H]3c3ccc(COC(=O)NCCNC(=O)[C@H](C)NC(=O)[C@@H](NC(=O)CCCC(=O)O)C(C)C)cc3)OC(=O)[C@H](CC(C)(C)C)NC(=O)C(C)(C)[C@H](C)NC2=O)cc1Cl. The minimum Gasteiger partial charge on any atom is -0.495 e. The molecule has 424 valence electrons. The molecule has 0 saturated carbocycles. The second kappa shape index (κ2) is 28.6. The summed E-state index contributed by atoms with van der Waals surface area (Å²) in [5.41, 5.74) is 0.515. The lowest BCUT2D eigenvalue weighted by atomic mass is 9.82. The van der Waals surface area contributed by atoms with Crippen LogP contribution in [0.15, 0.2) is 54.6 Å². The van der Waals surface area contributed by atoms with Gasteiger partial charge in [-0.1, -0.05) is 89.6 Å². The quantitative estimate of drug-likeness (QED) is 0.0477. The number of amides is 7. The van der Waals surface area contributed by atoms with E-state index < -0.39 is 113 Å². The van der Waals surface area contributed by atoms with E-state index in [1.165, 1.54) is 20.1 Å². The summed E-state index contributed by atoms with van der Waals surface area (Å²) in [6.07, 6.45) is 0.850. The van der Waals surface area contributed by atoms with Crippen LogP contribution >= 0.6 is 11.6 Å². The zero-order valence-corrected chi connectivity index (χ0v) is 46.7. The van der Waals surface area contributed by atoms with Crippen LogP contribution in [0.2, 0.25) is 5.02 Å². The molecule has 21 nitrogen and oxygen atoms in total. The fraction of sp³-hybridized carbons (Fsp3) is 0.582. The first kappa shape index (κ1) is 62.8. The number of cyclic esters (lactones) is 1. The summed E-state index contributed by atoms with van der Waals surface area (Å²) in [5, 5.41) is 28.1. The van der Waals surface area contributed by atoms with E-state index in [9.17, 15) is 43.2 Å². The van der Waals surface area contributed by atoms with Crippen molar-refractivity contribution in [3.8, 4) is 5.75 Å². The molecule has 0 aromatic heterocycles. The molecule has 9 atom stereocenters. The van der Waals surface area contributed by atoms with Crippen LogP contribution in [-0.4, -0.2) is 121 Å². The molecule has 2 aliphatic heterocycles. The number of carbonyl (C=O) groups excluding carboxylic acids is 8. The van der Waals surface area contributed by atoms with Gasteiger partial charge in [0.05, 0.1) is 23.7 Å². The Morgan fingerprint density at radius 2 is 1.53 bits per heavy atom. The van der Waals surface area contributed by atoms with Crippen LogP contribution in [0.4, 0.5) is 4.79 Å². The van der Waals surface area contributed by atoms with Crippen LogP contribution in [0.1, 0.15) is 124 Å². The molecule has 1 saturated heterocycles. The van der Waals surface area contributed by atoms with Gasteiger partial charge in [0.2, 0.25) is 35.4 Å². The highest BCUT2D eigenvalue weighted by Crippen LogP contribution is 2.45. The molecule has 2 aromatic rings. The number of alkyl carbamates (subject to hydrolysis) is 1. The molecule has 0 unspecified atom stereocenters. The molecular formula is C55H78ClN7O14. The second-order valence-electron chi connectivity index (χ2n) is 21.8. The third kappa shape index (κ3) is 20.0. The van der Waals surface area contributed by atoms with Crippen molar-refractivity contribution in [2.24, 2.45) is 22.7 Å². The number of hydrogen-bond acceptors (Lipinski definition) is 13. The van der Waals surface area contributed by atoms with E-state index in [0.717, 1.165) is 5.56 Å². The fourth-order valence-corrected chi connectivity index (χ4v) is 8.59. The molecule has 8 N–H and O–H groups in total. The number of halogens is 1. The Hall–Kier alpha value is -6.74. The van der Waals surface area contributed by atoms with Gasteiger partial charge in [-0.2, -0.15) is 0 Å². The van der Waals surface area contributed by atoms with Gasteiger partial charge in [-0.05, 0) is 86.8 Å². The average Bonchev–Trinajstić information content (AvgIpc) is 4.16. The van der Waals surface area contributed by atoms with Gasteiger partial charge in [-0.3, -0.25) is 33.6 Å². The molecule has 0 radical (unpaired) electrons. The molecular weight excluding hydrogens is 1020 g/mol. The molecule has 0 aliphatic carbocycles. The molecule has 0 bridgehead atoms. The number of epoxide rings is 1. The van der Waals surface area contributed by atoms with E-state index in [0.29, 0.717) is 21.9 Å². The van der Waals surface area contributed by atoms with Gasteiger partial charge in [0.15, 0.2) is 0 Å². The van der Waals surface area contributed by atoms with Crippen molar-refractivity contribution in [3.05, 3.63) is 76.3 Å². The fourth-order valence-electron chi connectivity index (χ4n) is 8.31. The highest BCUT2D eigenvalue weighted by atomic mass is 35.5. The van der Waals surface area contributed by atoms with Crippen LogP contribution < -0.4 is 42.0 Å². The molecule has 77 heavy (non-hydrogen) atoms. The summed E-state index contributed by atoms with van der Waals surface area (Å²) >= 11 is 6.40. The summed E-state index contributed by atoms with van der Waals surface area (Å²) in [7, 11) is 1.49. The van der Waals surface area contributed by atoms with Crippen LogP contribution in [0, 0.1) is 22.7 Å². The van der Waals surface area contributed by atoms with Crippen molar-refractivity contribution in [3.63, 3.8) is 0 Å². The first-order chi connectivity index (χ1) is 36.1. The molecule has 2 heterocycles. The zero-order valence-electron chi connectivity index (χ0n) is 46.0. The number of benzene rings is 2. The number of carbonyl (C=O) groups is 9. The van der Waals surface area contributed by atoms with E-state index >= 15 is 0 Å². The number of rotatable bonds is 21. The Kier molecular flexibility index (Phi) is 23.3. The molecule has 4 rings (SSSR count). The van der Waals surface area contributed by atoms with Gasteiger partial charge >= 0.3 is 18.0 Å². The number of esters is 1. The van der Waals surface area contributed by atoms with E-state index in [-0.39, 0.29) is 70.2 Å². The summed E-state index contributed by atoms with van der Waals surface area (Å²) in [4.78, 5) is 117. The van der Waals surface area contributed by atoms with E-state index in [4.69, 9.17) is 35.7 Å². The maximum atomic E-state index is 14.2. The lowest BCUT2D eigenvalue weighted by Gasteiger charge is -2.35. The first-order valence-corrected chi connectivity index (χ1v) is 26.3. The van der Waals surface area contributed by atoms with Crippen molar-refractivity contribution in [2.45, 2.75) is 163 Å². The standard InChI is InChI=1S/C55H78ClN7O14/c1-30(2)45(63-43(65)16-13-17-44(66)67)50(70)59-32(4)48(68)57-24-25-58-53(73)75-29-34-18-21-36(22-19-34)47-46(77-47)31(3)40-14-12-15-42(64)61-38(27-35-20-23-41(74-11)37(56)26-35)49(69)60-33(5)55(9,10)52(72)62-39(51(71)76-40)28-54(6,7)8/h12,15,18-23,26,30-33,38-40,45-47H,13-14,16-17,24-25,27-29H2,1-11H3,(H,57,68)(H,58,73)(H,59,70)(H,60,69)(H,61,64)(H,62,72)(H,63,65)(H,66,67)/b15-12-/t31-,32-,33-,38+,39-,40-,45-,46+,47+/m0/s1. The van der Waals surface area contributed by atoms with Crippen LogP contribution in [0.25, 0.3) is 0 Å². The molecule has 0 spiro atoms. The predicted molar refractivity (Wildman–Crippen MR) is 285 cm³/mol. The molecule has 2 aliphatic rings. The van der Waals surface area contributed by atoms with Gasteiger partial charge in [-0.15, -0.1) is 0 Å². The van der Waals surface area contributed by atoms with Gasteiger partial charge in [-0.25, -0.2) is 9.59 Å². The number of aliphatic carboxylic acids is 1. The molecule has 1 fully saturated rings. The zero-order chi connectivity index (χ0) is 57.4. The average molecular weight is 1100 g/mol. The Balaban J connectivity index is 1.36. The predicted octanol–water partition coefficient (Wildman–Crippen LogP) is 4.72. The first-order valence-electron chi connectivity index (χ1n) is 26.0. The smallest absolute Gasteiger partial charge is 0.407 e. The van der Waals surface area contributed by atoms with Crippen molar-refractivity contribution in [2.75, 3.05) is 20.2 Å². The van der Waals surface area contributed by atoms with E-state index in [1.54, 1.807) is 71.0 Å². The Labute approximate surface area is 455 Å². The van der Waals surface area contributed by atoms with Crippen LogP contribution in [0.5, 0.6) is 5.75 Å². The molecule has 2 aromatic carbocycles. The number of carboxylic acids is 1. The number of carboxylic acid groups (broad SMARTS) is 1. The topological polar surface area (TPSA) is 298 Å². The minimum atomic E-state index is -1.22. The summed E-state index contributed by atoms with van der Waals surface area (Å²) < 4.78 is 23.1. The van der Waals surface area contributed by atoms with E-state index in [1.807, 2.05) is 39.8 Å². The normalized spacial score (nSPS) is 22.6. The maximum absolute atomic E-state index is 14.2. The lowest BCUT2D eigenvalue weighted by Crippen LogP contribution is -2.58. The third-order valence-corrected chi connectivity index (χ3v) is 13.7. The number of ether oxygens (including phenoxy) is 4. The second-order valence-corrected chi connectivity index (χ2v) is 22.2. The Morgan fingerprint density at radius 1 is 0.870 bits per heavy atom. The third-order valence-electron chi connectivity index (χ3n) is 13.4. The lowest BCUT2D eigenvalue weighted by molar-refractivity contribution is -0.157. The maximum Gasteiger partial charge on any atom is 0.407 e. The molecule has 7 amide bonds. The highest BCUT2D eigenvalue weighted by molar-refractivity contribution is 6.32. The largest absolute Gasteiger partial charge is 0.495 e. The number of hydrogen-bond donors (Lipinski definition) is 8. The Bertz CT molecular complexity index is 2460. The van der Waals surface area contributed by atoms with Crippen LogP contribution in [-0.2, 0) is 65.6 Å². The van der Waals surface area contributed by atoms with Crippen molar-refractivity contribution in [1.29, 1.82) is 0 Å². The number of nitrogens with one attached hydrogen (secondary N) is 7. The van der Waals surface area contributed by atoms with Gasteiger partial charge in [0.25, 0.3) is 0 Å².